The SMILES string of the molecule is CCOC1CC(N)C1NC(=O)c1c[nH]ccc1=O. The Labute approximate surface area is 105 Å². The number of carbonyl (C=O) groups excluding carboxylic acids is 1. The molecule has 1 heterocycles. The van der Waals surface area contributed by atoms with Gasteiger partial charge in [0.1, 0.15) is 5.56 Å². The van der Waals surface area contributed by atoms with Crippen LogP contribution >= 0.6 is 0 Å². The second kappa shape index (κ2) is 5.32. The van der Waals surface area contributed by atoms with Gasteiger partial charge in [-0.2, -0.15) is 0 Å². The van der Waals surface area contributed by atoms with E-state index in [0.29, 0.717) is 6.61 Å². The summed E-state index contributed by atoms with van der Waals surface area (Å²) in [6, 6.07) is 0.973. The first-order valence-corrected chi connectivity index (χ1v) is 5.98. The molecule has 0 radical (unpaired) electrons. The van der Waals surface area contributed by atoms with Crippen molar-refractivity contribution in [1.29, 1.82) is 0 Å². The highest BCUT2D eigenvalue weighted by molar-refractivity contribution is 5.94. The van der Waals surface area contributed by atoms with Crippen LogP contribution in [0, 0.1) is 0 Å². The topological polar surface area (TPSA) is 97.2 Å². The highest BCUT2D eigenvalue weighted by atomic mass is 16.5. The van der Waals surface area contributed by atoms with Crippen molar-refractivity contribution in [3.8, 4) is 0 Å². The average molecular weight is 251 g/mol. The van der Waals surface area contributed by atoms with Crippen molar-refractivity contribution >= 4 is 5.91 Å². The number of ether oxygens (including phenoxy) is 1. The van der Waals surface area contributed by atoms with E-state index in [4.69, 9.17) is 10.5 Å². The van der Waals surface area contributed by atoms with Crippen LogP contribution in [-0.4, -0.2) is 35.7 Å². The summed E-state index contributed by atoms with van der Waals surface area (Å²) in [6.45, 7) is 2.47. The number of carbonyl (C=O) groups is 1. The number of nitrogens with one attached hydrogen (secondary N) is 2. The predicted molar refractivity (Wildman–Crippen MR) is 66.3 cm³/mol. The lowest BCUT2D eigenvalue weighted by Gasteiger charge is -2.42. The Morgan fingerprint density at radius 3 is 3.06 bits per heavy atom. The fraction of sp³-hybridized carbons (Fsp3) is 0.500. The van der Waals surface area contributed by atoms with Gasteiger partial charge in [-0.1, -0.05) is 0 Å². The van der Waals surface area contributed by atoms with Crippen LogP contribution in [0.25, 0.3) is 0 Å². The normalized spacial score (nSPS) is 26.4. The summed E-state index contributed by atoms with van der Waals surface area (Å²) in [7, 11) is 0. The molecule has 18 heavy (non-hydrogen) atoms. The van der Waals surface area contributed by atoms with Crippen molar-refractivity contribution in [2.75, 3.05) is 6.61 Å². The molecule has 1 aliphatic rings. The number of aromatic amines is 1. The first kappa shape index (κ1) is 12.8. The minimum Gasteiger partial charge on any atom is -0.376 e. The monoisotopic (exact) mass is 251 g/mol. The molecule has 6 nitrogen and oxygen atoms in total. The van der Waals surface area contributed by atoms with Gasteiger partial charge in [-0.15, -0.1) is 0 Å². The number of amides is 1. The van der Waals surface area contributed by atoms with Gasteiger partial charge in [0.05, 0.1) is 12.1 Å². The average Bonchev–Trinajstić information content (AvgIpc) is 2.36. The van der Waals surface area contributed by atoms with Crippen molar-refractivity contribution in [3.63, 3.8) is 0 Å². The molecule has 98 valence electrons. The van der Waals surface area contributed by atoms with Crippen molar-refractivity contribution in [2.45, 2.75) is 31.5 Å². The number of H-pyrrole nitrogens is 1. The highest BCUT2D eigenvalue weighted by Crippen LogP contribution is 2.22. The molecule has 2 rings (SSSR count). The number of nitrogens with two attached hydrogens (primary N) is 1. The van der Waals surface area contributed by atoms with Crippen LogP contribution in [0.4, 0.5) is 0 Å². The Kier molecular flexibility index (Phi) is 3.78. The Hall–Kier alpha value is -1.66. The molecule has 0 saturated heterocycles. The molecule has 3 atom stereocenters. The number of pyridine rings is 1. The Morgan fingerprint density at radius 1 is 1.67 bits per heavy atom. The predicted octanol–water partition coefficient (Wildman–Crippen LogP) is -0.391. The molecule has 1 saturated carbocycles. The van der Waals surface area contributed by atoms with E-state index in [1.165, 1.54) is 18.5 Å². The van der Waals surface area contributed by atoms with Crippen LogP contribution < -0.4 is 16.5 Å². The van der Waals surface area contributed by atoms with Gasteiger partial charge >= 0.3 is 0 Å². The molecule has 1 amide bonds. The van der Waals surface area contributed by atoms with Crippen LogP contribution in [0.1, 0.15) is 23.7 Å². The van der Waals surface area contributed by atoms with Gasteiger partial charge in [-0.25, -0.2) is 0 Å². The van der Waals surface area contributed by atoms with Crippen molar-refractivity contribution in [2.24, 2.45) is 5.73 Å². The van der Waals surface area contributed by atoms with Crippen LogP contribution in [0.15, 0.2) is 23.3 Å². The maximum atomic E-state index is 11.9. The summed E-state index contributed by atoms with van der Waals surface area (Å²) >= 11 is 0. The summed E-state index contributed by atoms with van der Waals surface area (Å²) in [6.07, 6.45) is 3.54. The molecule has 6 heteroatoms. The summed E-state index contributed by atoms with van der Waals surface area (Å²) in [5.41, 5.74) is 5.60. The minimum atomic E-state index is -0.415. The second-order valence-electron chi connectivity index (χ2n) is 4.31. The molecule has 1 aliphatic carbocycles. The van der Waals surface area contributed by atoms with Crippen LogP contribution in [0.5, 0.6) is 0 Å². The van der Waals surface area contributed by atoms with E-state index < -0.39 is 5.91 Å². The van der Waals surface area contributed by atoms with Crippen LogP contribution in [-0.2, 0) is 4.74 Å². The summed E-state index contributed by atoms with van der Waals surface area (Å²) in [5, 5.41) is 2.75. The first-order chi connectivity index (χ1) is 8.63. The third kappa shape index (κ3) is 2.44. The number of rotatable bonds is 4. The Morgan fingerprint density at radius 2 is 2.44 bits per heavy atom. The van der Waals surface area contributed by atoms with Gasteiger partial charge in [-0.05, 0) is 13.3 Å². The number of hydrogen-bond acceptors (Lipinski definition) is 4. The second-order valence-corrected chi connectivity index (χ2v) is 4.31. The van der Waals surface area contributed by atoms with Gasteiger partial charge in [0.15, 0.2) is 5.43 Å². The zero-order chi connectivity index (χ0) is 13.1. The third-order valence-corrected chi connectivity index (χ3v) is 3.11. The van der Waals surface area contributed by atoms with Crippen LogP contribution in [0.3, 0.4) is 0 Å². The Bertz CT molecular complexity index is 483. The fourth-order valence-electron chi connectivity index (χ4n) is 2.05. The van der Waals surface area contributed by atoms with Crippen LogP contribution in [0.2, 0.25) is 0 Å². The molecule has 0 aromatic carbocycles. The molecule has 0 aliphatic heterocycles. The maximum absolute atomic E-state index is 11.9. The molecule has 4 N–H and O–H groups in total. The first-order valence-electron chi connectivity index (χ1n) is 5.98. The van der Waals surface area contributed by atoms with E-state index >= 15 is 0 Å². The van der Waals surface area contributed by atoms with Gasteiger partial charge < -0.3 is 20.8 Å². The lowest BCUT2D eigenvalue weighted by molar-refractivity contribution is -0.0300. The number of aromatic nitrogens is 1. The maximum Gasteiger partial charge on any atom is 0.257 e. The molecule has 1 aromatic rings. The summed E-state index contributed by atoms with van der Waals surface area (Å²) in [4.78, 5) is 26.1. The van der Waals surface area contributed by atoms with Gasteiger partial charge in [0.25, 0.3) is 5.91 Å². The van der Waals surface area contributed by atoms with Crippen molar-refractivity contribution in [1.82, 2.24) is 10.3 Å². The third-order valence-electron chi connectivity index (χ3n) is 3.11. The van der Waals surface area contributed by atoms with E-state index in [2.05, 4.69) is 10.3 Å². The number of hydrogen-bond donors (Lipinski definition) is 3. The molecule has 1 aromatic heterocycles. The van der Waals surface area contributed by atoms with Crippen molar-refractivity contribution in [3.05, 3.63) is 34.2 Å². The molecule has 0 spiro atoms. The van der Waals surface area contributed by atoms with E-state index in [9.17, 15) is 9.59 Å². The largest absolute Gasteiger partial charge is 0.376 e. The highest BCUT2D eigenvalue weighted by Gasteiger charge is 2.40. The van der Waals surface area contributed by atoms with E-state index in [-0.39, 0.29) is 29.2 Å². The molecule has 3 unspecified atom stereocenters. The lowest BCUT2D eigenvalue weighted by Crippen LogP contribution is -2.65. The Balaban J connectivity index is 2.03. The molecule has 1 fully saturated rings. The summed E-state index contributed by atoms with van der Waals surface area (Å²) in [5.74, 6) is -0.415. The lowest BCUT2D eigenvalue weighted by atomic mass is 9.83. The van der Waals surface area contributed by atoms with Gasteiger partial charge in [-0.3, -0.25) is 9.59 Å². The standard InChI is InChI=1S/C12H17N3O3/c1-2-18-10-5-8(13)11(10)15-12(17)7-6-14-4-3-9(7)16/h3-4,6,8,10-11H,2,5,13H2,1H3,(H,14,16)(H,15,17). The fourth-order valence-corrected chi connectivity index (χ4v) is 2.05. The van der Waals surface area contributed by atoms with E-state index in [1.54, 1.807) is 0 Å². The molecular weight excluding hydrogens is 234 g/mol. The smallest absolute Gasteiger partial charge is 0.257 e. The van der Waals surface area contributed by atoms with Gasteiger partial charge in [0, 0.05) is 31.1 Å². The quantitative estimate of drug-likeness (QED) is 0.679. The van der Waals surface area contributed by atoms with Crippen molar-refractivity contribution < 1.29 is 9.53 Å². The summed E-state index contributed by atoms with van der Waals surface area (Å²) < 4.78 is 5.45. The zero-order valence-corrected chi connectivity index (χ0v) is 10.2. The molecule has 0 bridgehead atoms. The van der Waals surface area contributed by atoms with E-state index in [0.717, 1.165) is 6.42 Å². The zero-order valence-electron chi connectivity index (χ0n) is 10.2. The van der Waals surface area contributed by atoms with E-state index in [1.807, 2.05) is 6.92 Å². The molecular formula is C12H17N3O3. The van der Waals surface area contributed by atoms with Gasteiger partial charge in [0.2, 0.25) is 0 Å². The minimum absolute atomic E-state index is 0.0586.